The zero-order valence-electron chi connectivity index (χ0n) is 30.8. The van der Waals surface area contributed by atoms with Crippen molar-refractivity contribution in [3.8, 4) is 29.0 Å². The molecule has 0 aliphatic carbocycles. The number of methoxy groups -OCH3 is 1. The molecule has 0 spiro atoms. The van der Waals surface area contributed by atoms with Crippen LogP contribution in [0.3, 0.4) is 0 Å². The van der Waals surface area contributed by atoms with Crippen LogP contribution in [0.15, 0.2) is 42.6 Å². The van der Waals surface area contributed by atoms with Crippen LogP contribution in [0.1, 0.15) is 42.9 Å². The Bertz CT molecular complexity index is 2390. The molecule has 3 aromatic heterocycles. The summed E-state index contributed by atoms with van der Waals surface area (Å²) in [5.74, 6) is -2.82. The summed E-state index contributed by atoms with van der Waals surface area (Å²) in [4.78, 5) is 16.3. The van der Waals surface area contributed by atoms with Crippen LogP contribution in [-0.4, -0.2) is 71.6 Å². The van der Waals surface area contributed by atoms with Gasteiger partial charge in [-0.25, -0.2) is 18.2 Å². The van der Waals surface area contributed by atoms with Crippen molar-refractivity contribution in [2.45, 2.75) is 57.3 Å². The van der Waals surface area contributed by atoms with E-state index in [0.717, 1.165) is 31.2 Å². The Morgan fingerprint density at radius 1 is 1.09 bits per heavy atom. The molecule has 2 unspecified atom stereocenters. The first-order valence-corrected chi connectivity index (χ1v) is 18.5. The van der Waals surface area contributed by atoms with Gasteiger partial charge in [-0.1, -0.05) is 18.2 Å². The molecule has 3 aliphatic rings. The molecule has 5 aromatic rings. The maximum atomic E-state index is 16.6. The van der Waals surface area contributed by atoms with Crippen LogP contribution in [-0.2, 0) is 12.7 Å². The smallest absolute Gasteiger partial charge is 0.420 e. The number of alkyl halides is 7. The number of pyridine rings is 1. The molecule has 8 rings (SSSR count). The molecule has 2 atom stereocenters. The number of nitrogen functional groups attached to an aromatic ring is 2. The summed E-state index contributed by atoms with van der Waals surface area (Å²) in [5.41, 5.74) is 8.81. The topological polar surface area (TPSA) is 139 Å². The van der Waals surface area contributed by atoms with Gasteiger partial charge in [0.2, 0.25) is 0 Å². The van der Waals surface area contributed by atoms with E-state index in [1.54, 1.807) is 23.1 Å². The number of nitrogens with zero attached hydrogens (tertiary/aromatic N) is 6. The van der Waals surface area contributed by atoms with Gasteiger partial charge >= 0.3 is 18.4 Å². The standard InChI is InChI=1S/C27H18F5N7O2S.C7H12FN.C4H5F3/c1-40-26-37-20-17-21(41-8-7-39(25(17)38-26)10-11-3-2-6-36-23(11)34)18(27(30,31)32)16(19(20)29)12-4-5-14(28)22-15(12)13(9-33)24(35)42-22;8-6-4-7-2-1-3-9(7)5-6;1-2-3-4(5,6)7/h2-6H,7-8,10,35H2,1H3,(H2,34,36);6-7H,1-5H2;2-3H,1H3/b;;3-2+. The summed E-state index contributed by atoms with van der Waals surface area (Å²) in [6.07, 6.45) is -3.85. The van der Waals surface area contributed by atoms with E-state index in [4.69, 9.17) is 20.9 Å². The van der Waals surface area contributed by atoms with Gasteiger partial charge in [0.05, 0.1) is 29.3 Å². The zero-order chi connectivity index (χ0) is 42.1. The molecule has 308 valence electrons. The number of nitriles is 1. The van der Waals surface area contributed by atoms with Gasteiger partial charge in [0.25, 0.3) is 0 Å². The Labute approximate surface area is 329 Å². The third kappa shape index (κ3) is 8.50. The molecule has 20 heteroatoms. The maximum absolute atomic E-state index is 16.6. The first-order valence-electron chi connectivity index (χ1n) is 17.7. The van der Waals surface area contributed by atoms with Crippen LogP contribution < -0.4 is 25.8 Å². The SMILES string of the molecule is C/C=C/C(F)(F)F.COc1nc2c3c(c(C(F)(F)F)c(-c4ccc(F)c5sc(N)c(C#N)c45)c(F)c3n1)OCCN2Cc1cccnc1N.FC1CC2CCCN2C1. The summed E-state index contributed by atoms with van der Waals surface area (Å²) in [5, 5.41) is 9.00. The molecule has 4 N–H and O–H groups in total. The molecule has 6 heterocycles. The monoisotopic (exact) mass is 838 g/mol. The maximum Gasteiger partial charge on any atom is 0.420 e. The van der Waals surface area contributed by atoms with Crippen molar-refractivity contribution in [2.24, 2.45) is 0 Å². The molecule has 2 saturated heterocycles. The quantitative estimate of drug-likeness (QED) is 0.133. The highest BCUT2D eigenvalue weighted by Crippen LogP contribution is 2.53. The Balaban J connectivity index is 0.000000293. The number of nitrogens with two attached hydrogens (primary N) is 2. The lowest BCUT2D eigenvalue weighted by Gasteiger charge is -2.24. The minimum atomic E-state index is -5.17. The molecular formula is C38H35F9N8O2S. The molecule has 3 aliphatic heterocycles. The fourth-order valence-electron chi connectivity index (χ4n) is 7.28. The number of benzene rings is 2. The molecule has 2 aromatic carbocycles. The number of rotatable bonds is 4. The number of ether oxygens (including phenoxy) is 2. The number of halogens is 9. The van der Waals surface area contributed by atoms with E-state index in [0.29, 0.717) is 29.5 Å². The van der Waals surface area contributed by atoms with Gasteiger partial charge < -0.3 is 25.8 Å². The van der Waals surface area contributed by atoms with Gasteiger partial charge in [-0.15, -0.1) is 11.3 Å². The highest BCUT2D eigenvalue weighted by atomic mass is 32.1. The molecular weight excluding hydrogens is 804 g/mol. The number of allylic oxidation sites excluding steroid dienone is 2. The second-order valence-corrected chi connectivity index (χ2v) is 14.4. The normalized spacial score (nSPS) is 17.9. The van der Waals surface area contributed by atoms with Crippen LogP contribution in [0, 0.1) is 23.0 Å². The predicted molar refractivity (Wildman–Crippen MR) is 201 cm³/mol. The van der Waals surface area contributed by atoms with Crippen molar-refractivity contribution in [3.05, 3.63) is 70.9 Å². The fourth-order valence-corrected chi connectivity index (χ4v) is 8.23. The molecule has 0 saturated carbocycles. The van der Waals surface area contributed by atoms with Gasteiger partial charge in [0, 0.05) is 47.9 Å². The molecule has 0 bridgehead atoms. The van der Waals surface area contributed by atoms with Gasteiger partial charge in [-0.3, -0.25) is 4.90 Å². The number of hydrogen-bond acceptors (Lipinski definition) is 11. The first kappa shape index (κ1) is 42.1. The lowest BCUT2D eigenvalue weighted by atomic mass is 9.91. The minimum Gasteiger partial charge on any atom is -0.490 e. The zero-order valence-corrected chi connectivity index (χ0v) is 31.6. The Morgan fingerprint density at radius 3 is 2.47 bits per heavy atom. The second kappa shape index (κ2) is 16.7. The Kier molecular flexibility index (Phi) is 12.1. The summed E-state index contributed by atoms with van der Waals surface area (Å²) in [6, 6.07) is 7.29. The number of thiophene rings is 1. The van der Waals surface area contributed by atoms with E-state index in [9.17, 15) is 40.4 Å². The van der Waals surface area contributed by atoms with Crippen molar-refractivity contribution < 1.29 is 49.0 Å². The third-order valence-electron chi connectivity index (χ3n) is 9.68. The molecule has 2 fully saturated rings. The number of anilines is 3. The Morgan fingerprint density at radius 2 is 1.84 bits per heavy atom. The highest BCUT2D eigenvalue weighted by Gasteiger charge is 2.44. The van der Waals surface area contributed by atoms with Gasteiger partial charge in [0.1, 0.15) is 58.1 Å². The molecule has 0 amide bonds. The number of hydrogen-bond donors (Lipinski definition) is 2. The van der Waals surface area contributed by atoms with Crippen molar-refractivity contribution in [1.29, 1.82) is 5.26 Å². The van der Waals surface area contributed by atoms with E-state index in [2.05, 4.69) is 19.9 Å². The summed E-state index contributed by atoms with van der Waals surface area (Å²) in [6.45, 7) is 3.02. The van der Waals surface area contributed by atoms with Crippen molar-refractivity contribution in [3.63, 3.8) is 0 Å². The van der Waals surface area contributed by atoms with Crippen molar-refractivity contribution >= 4 is 49.0 Å². The highest BCUT2D eigenvalue weighted by molar-refractivity contribution is 7.23. The summed E-state index contributed by atoms with van der Waals surface area (Å²) >= 11 is 0.675. The average Bonchev–Trinajstić information content (AvgIpc) is 3.81. The average molecular weight is 839 g/mol. The van der Waals surface area contributed by atoms with E-state index >= 15 is 4.39 Å². The summed E-state index contributed by atoms with van der Waals surface area (Å²) in [7, 11) is 1.23. The van der Waals surface area contributed by atoms with Crippen LogP contribution in [0.5, 0.6) is 11.8 Å². The van der Waals surface area contributed by atoms with Crippen LogP contribution in [0.2, 0.25) is 0 Å². The van der Waals surface area contributed by atoms with Crippen molar-refractivity contribution in [2.75, 3.05) is 49.7 Å². The van der Waals surface area contributed by atoms with E-state index in [-0.39, 0.29) is 69.5 Å². The Hall–Kier alpha value is -5.55. The number of aromatic nitrogens is 3. The van der Waals surface area contributed by atoms with Crippen LogP contribution in [0.4, 0.5) is 56.2 Å². The van der Waals surface area contributed by atoms with Crippen LogP contribution >= 0.6 is 11.3 Å². The number of fused-ring (bicyclic) bond motifs is 2. The predicted octanol–water partition coefficient (Wildman–Crippen LogP) is 8.96. The third-order valence-corrected chi connectivity index (χ3v) is 10.7. The molecule has 58 heavy (non-hydrogen) atoms. The lowest BCUT2D eigenvalue weighted by molar-refractivity contribution is -0.138. The molecule has 0 radical (unpaired) electrons. The van der Waals surface area contributed by atoms with E-state index < -0.39 is 58.1 Å². The summed E-state index contributed by atoms with van der Waals surface area (Å²) < 4.78 is 133. The fraction of sp³-hybridized carbons (Fsp3) is 0.368. The minimum absolute atomic E-state index is 0.0347. The lowest BCUT2D eigenvalue weighted by Crippen LogP contribution is -2.28. The van der Waals surface area contributed by atoms with Gasteiger partial charge in [-0.05, 0) is 50.4 Å². The van der Waals surface area contributed by atoms with E-state index in [1.165, 1.54) is 33.1 Å². The largest absolute Gasteiger partial charge is 0.490 e. The van der Waals surface area contributed by atoms with Gasteiger partial charge in [0.15, 0.2) is 5.82 Å². The van der Waals surface area contributed by atoms with Gasteiger partial charge in [-0.2, -0.15) is 41.6 Å². The van der Waals surface area contributed by atoms with Crippen LogP contribution in [0.25, 0.3) is 32.1 Å². The first-order chi connectivity index (χ1) is 27.5. The van der Waals surface area contributed by atoms with E-state index in [1.807, 2.05) is 0 Å². The molecule has 10 nitrogen and oxygen atoms in total. The van der Waals surface area contributed by atoms with Crippen molar-refractivity contribution in [1.82, 2.24) is 19.9 Å². The second-order valence-electron chi connectivity index (χ2n) is 13.4.